The zero-order chi connectivity index (χ0) is 24.6. The topological polar surface area (TPSA) is 71.2 Å². The number of hydrogen-bond acceptors (Lipinski definition) is 4. The number of carbonyl (C=O) groups is 1. The van der Waals surface area contributed by atoms with Crippen molar-refractivity contribution in [1.29, 1.82) is 0 Å². The number of anilines is 2. The smallest absolute Gasteiger partial charge is 0.258 e. The minimum absolute atomic E-state index is 0. The van der Waals surface area contributed by atoms with Crippen molar-refractivity contribution >= 4 is 42.1 Å². The summed E-state index contributed by atoms with van der Waals surface area (Å²) in [7, 11) is 0. The molecule has 0 spiro atoms. The van der Waals surface area contributed by atoms with Crippen LogP contribution in [0.2, 0.25) is 0 Å². The van der Waals surface area contributed by atoms with Crippen molar-refractivity contribution < 1.29 is 26.7 Å². The molecule has 3 aromatic rings. The second kappa shape index (κ2) is 11.9. The zero-order valence-corrected chi connectivity index (χ0v) is 20.5. The first-order valence-corrected chi connectivity index (χ1v) is 10.5. The van der Waals surface area contributed by atoms with Crippen LogP contribution in [-0.4, -0.2) is 30.0 Å². The van der Waals surface area contributed by atoms with E-state index in [1.54, 1.807) is 4.90 Å². The Morgan fingerprint density at radius 1 is 0.944 bits per heavy atom. The van der Waals surface area contributed by atoms with E-state index in [0.29, 0.717) is 13.1 Å². The van der Waals surface area contributed by atoms with E-state index in [0.717, 1.165) is 42.9 Å². The van der Waals surface area contributed by atoms with E-state index in [-0.39, 0.29) is 48.1 Å². The third-order valence-electron chi connectivity index (χ3n) is 5.68. The maximum atomic E-state index is 15.2. The summed E-state index contributed by atoms with van der Waals surface area (Å²) in [6.45, 7) is 2.76. The number of benzene rings is 2. The first-order chi connectivity index (χ1) is 16.2. The molecule has 1 fully saturated rings. The lowest BCUT2D eigenvalue weighted by Crippen LogP contribution is -2.47. The number of halogens is 7. The normalized spacial score (nSPS) is 17.1. The van der Waals surface area contributed by atoms with E-state index in [1.807, 2.05) is 6.92 Å². The van der Waals surface area contributed by atoms with Gasteiger partial charge in [-0.3, -0.25) is 9.78 Å². The van der Waals surface area contributed by atoms with Gasteiger partial charge in [-0.25, -0.2) is 22.0 Å². The van der Waals surface area contributed by atoms with Crippen LogP contribution in [0.1, 0.15) is 23.7 Å². The Balaban J connectivity index is 0.00000228. The Kier molecular flexibility index (Phi) is 9.64. The number of amides is 1. The molecule has 1 aliphatic heterocycles. The number of nitrogens with two attached hydrogens (primary N) is 1. The van der Waals surface area contributed by atoms with Gasteiger partial charge in [-0.15, -0.1) is 24.8 Å². The van der Waals surface area contributed by atoms with Crippen LogP contribution in [0.5, 0.6) is 0 Å². The molecule has 1 aromatic heterocycles. The molecule has 0 aliphatic carbocycles. The minimum atomic E-state index is -1.46. The molecule has 1 amide bonds. The Bertz CT molecular complexity index is 1230. The van der Waals surface area contributed by atoms with E-state index >= 15 is 4.39 Å². The van der Waals surface area contributed by atoms with Crippen LogP contribution in [0.4, 0.5) is 33.3 Å². The minimum Gasteiger partial charge on any atom is -0.366 e. The summed E-state index contributed by atoms with van der Waals surface area (Å²) in [5.74, 6) is -6.72. The lowest BCUT2D eigenvalue weighted by Gasteiger charge is -2.37. The number of hydrogen-bond donors (Lipinski definition) is 2. The molecular formula is C24H23Cl2F5N4O. The maximum Gasteiger partial charge on any atom is 0.258 e. The van der Waals surface area contributed by atoms with Crippen molar-refractivity contribution in [2.24, 2.45) is 11.7 Å². The lowest BCUT2D eigenvalue weighted by molar-refractivity contribution is 0.102. The van der Waals surface area contributed by atoms with Gasteiger partial charge in [0.25, 0.3) is 5.91 Å². The first kappa shape index (κ1) is 29.3. The van der Waals surface area contributed by atoms with Crippen molar-refractivity contribution in [1.82, 2.24) is 4.98 Å². The van der Waals surface area contributed by atoms with Crippen LogP contribution in [0.25, 0.3) is 11.1 Å². The quantitative estimate of drug-likeness (QED) is 0.409. The molecule has 2 heterocycles. The summed E-state index contributed by atoms with van der Waals surface area (Å²) in [5.41, 5.74) is 3.42. The van der Waals surface area contributed by atoms with Crippen LogP contribution in [-0.2, 0) is 0 Å². The van der Waals surface area contributed by atoms with Crippen LogP contribution in [0.15, 0.2) is 42.7 Å². The average molecular weight is 549 g/mol. The molecule has 1 saturated heterocycles. The number of aromatic nitrogens is 1. The van der Waals surface area contributed by atoms with E-state index in [2.05, 4.69) is 10.3 Å². The number of nitrogens with zero attached hydrogens (tertiary/aromatic N) is 2. The SMILES string of the molecule is C[C@@H]1C[C@H](N)CN(c2c(F)cncc2NC(=O)c2ccc(F)c(-c3c(F)cccc3F)c2F)C1.Cl.Cl. The van der Waals surface area contributed by atoms with E-state index in [1.165, 1.54) is 6.20 Å². The van der Waals surface area contributed by atoms with Gasteiger partial charge in [0.15, 0.2) is 5.82 Å². The summed E-state index contributed by atoms with van der Waals surface area (Å²) in [6.07, 6.45) is 2.92. The second-order valence-electron chi connectivity index (χ2n) is 8.36. The van der Waals surface area contributed by atoms with Gasteiger partial charge >= 0.3 is 0 Å². The third kappa shape index (κ3) is 5.71. The van der Waals surface area contributed by atoms with Gasteiger partial charge < -0.3 is 16.0 Å². The Morgan fingerprint density at radius 3 is 2.22 bits per heavy atom. The highest BCUT2D eigenvalue weighted by Crippen LogP contribution is 2.34. The molecule has 5 nitrogen and oxygen atoms in total. The summed E-state index contributed by atoms with van der Waals surface area (Å²) >= 11 is 0. The average Bonchev–Trinajstić information content (AvgIpc) is 2.75. The Morgan fingerprint density at radius 2 is 1.58 bits per heavy atom. The Labute approximate surface area is 216 Å². The number of carbonyl (C=O) groups excluding carboxylic acids is 1. The standard InChI is InChI=1S/C24H21F5N4O.2ClH/c1-12-7-13(30)11-33(10-12)23-18(28)8-31-9-19(23)32-24(34)14-5-6-17(27)21(22(14)29)20-15(25)3-2-4-16(20)26;;/h2-6,8-9,12-13H,7,10-11,30H2,1H3,(H,32,34);2*1H/t12-,13+;;/m1../s1. The highest BCUT2D eigenvalue weighted by molar-refractivity contribution is 6.06. The summed E-state index contributed by atoms with van der Waals surface area (Å²) < 4.78 is 72.8. The van der Waals surface area contributed by atoms with Crippen LogP contribution in [0.3, 0.4) is 0 Å². The van der Waals surface area contributed by atoms with Crippen LogP contribution in [0, 0.1) is 35.0 Å². The van der Waals surface area contributed by atoms with Gasteiger partial charge in [0.2, 0.25) is 0 Å². The summed E-state index contributed by atoms with van der Waals surface area (Å²) in [5, 5.41) is 2.39. The molecule has 2 aromatic carbocycles. The predicted molar refractivity (Wildman–Crippen MR) is 132 cm³/mol. The summed E-state index contributed by atoms with van der Waals surface area (Å²) in [4.78, 5) is 18.3. The van der Waals surface area contributed by atoms with Crippen molar-refractivity contribution in [3.63, 3.8) is 0 Å². The van der Waals surface area contributed by atoms with E-state index < -0.39 is 51.7 Å². The molecule has 0 unspecified atom stereocenters. The van der Waals surface area contributed by atoms with E-state index in [9.17, 15) is 22.4 Å². The molecule has 3 N–H and O–H groups in total. The number of pyridine rings is 1. The van der Waals surface area contributed by atoms with Gasteiger partial charge in [0.05, 0.1) is 34.8 Å². The molecular weight excluding hydrogens is 526 g/mol. The predicted octanol–water partition coefficient (Wildman–Crippen LogP) is 5.71. The number of nitrogens with one attached hydrogen (secondary N) is 1. The fourth-order valence-electron chi connectivity index (χ4n) is 4.31. The number of rotatable bonds is 4. The van der Waals surface area contributed by atoms with Crippen molar-refractivity contribution in [2.45, 2.75) is 19.4 Å². The molecule has 4 rings (SSSR count). The largest absolute Gasteiger partial charge is 0.366 e. The third-order valence-corrected chi connectivity index (χ3v) is 5.68. The monoisotopic (exact) mass is 548 g/mol. The molecule has 12 heteroatoms. The fourth-order valence-corrected chi connectivity index (χ4v) is 4.31. The van der Waals surface area contributed by atoms with Gasteiger partial charge in [0, 0.05) is 19.1 Å². The van der Waals surface area contributed by atoms with Crippen molar-refractivity contribution in [2.75, 3.05) is 23.3 Å². The van der Waals surface area contributed by atoms with Gasteiger partial charge in [-0.05, 0) is 36.6 Å². The van der Waals surface area contributed by atoms with Crippen LogP contribution < -0.4 is 16.0 Å². The number of piperidine rings is 1. The Hall–Kier alpha value is -2.95. The highest BCUT2D eigenvalue weighted by atomic mass is 35.5. The van der Waals surface area contributed by atoms with Gasteiger partial charge in [-0.1, -0.05) is 13.0 Å². The summed E-state index contributed by atoms with van der Waals surface area (Å²) in [6, 6.07) is 4.10. The van der Waals surface area contributed by atoms with Crippen LogP contribution >= 0.6 is 24.8 Å². The molecule has 36 heavy (non-hydrogen) atoms. The molecule has 194 valence electrons. The molecule has 0 saturated carbocycles. The molecule has 0 radical (unpaired) electrons. The molecule has 2 atom stereocenters. The van der Waals surface area contributed by atoms with Gasteiger partial charge in [-0.2, -0.15) is 0 Å². The van der Waals surface area contributed by atoms with Gasteiger partial charge in [0.1, 0.15) is 29.0 Å². The first-order valence-electron chi connectivity index (χ1n) is 10.5. The zero-order valence-electron chi connectivity index (χ0n) is 18.9. The second-order valence-corrected chi connectivity index (χ2v) is 8.36. The lowest BCUT2D eigenvalue weighted by atomic mass is 9.96. The fraction of sp³-hybridized carbons (Fsp3) is 0.250. The molecule has 0 bridgehead atoms. The highest BCUT2D eigenvalue weighted by Gasteiger charge is 2.28. The van der Waals surface area contributed by atoms with Crippen molar-refractivity contribution in [3.05, 3.63) is 77.4 Å². The van der Waals surface area contributed by atoms with E-state index in [4.69, 9.17) is 5.73 Å². The maximum absolute atomic E-state index is 15.2. The van der Waals surface area contributed by atoms with Crippen molar-refractivity contribution in [3.8, 4) is 11.1 Å². The molecule has 1 aliphatic rings.